The molecule has 0 aliphatic heterocycles. The third-order valence-electron chi connectivity index (χ3n) is 2.41. The molecule has 5 nitrogen and oxygen atoms in total. The number of nitrogens with zero attached hydrogens (tertiary/aromatic N) is 2. The predicted molar refractivity (Wildman–Crippen MR) is 66.7 cm³/mol. The lowest BCUT2D eigenvalue weighted by Crippen LogP contribution is -2.00. The van der Waals surface area contributed by atoms with E-state index in [4.69, 9.17) is 9.52 Å². The number of carboxylic acids is 1. The number of rotatable bonds is 4. The van der Waals surface area contributed by atoms with Crippen LogP contribution in [0.1, 0.15) is 27.7 Å². The first-order valence-electron chi connectivity index (χ1n) is 5.32. The zero-order valence-electron chi connectivity index (χ0n) is 10.0. The third kappa shape index (κ3) is 2.70. The lowest BCUT2D eigenvalue weighted by molar-refractivity contribution is 0.0692. The van der Waals surface area contributed by atoms with Gasteiger partial charge in [0.2, 0.25) is 5.89 Å². The van der Waals surface area contributed by atoms with Gasteiger partial charge in [-0.3, -0.25) is 0 Å². The Labute approximate surface area is 108 Å². The molecule has 2 heterocycles. The molecule has 0 radical (unpaired) electrons. The summed E-state index contributed by atoms with van der Waals surface area (Å²) in [6.45, 7) is 3.72. The number of carboxylic acid groups (broad SMARTS) is 1. The predicted octanol–water partition coefficient (Wildman–Crippen LogP) is 2.68. The topological polar surface area (TPSA) is 76.2 Å². The molecular formula is C12H12N2O3S. The Bertz CT molecular complexity index is 561. The second kappa shape index (κ2) is 5.22. The molecule has 6 heteroatoms. The number of pyridine rings is 1. The highest BCUT2D eigenvalue weighted by atomic mass is 32.2. The molecule has 0 amide bonds. The number of hydrogen-bond donors (Lipinski definition) is 1. The Hall–Kier alpha value is -1.82. The highest BCUT2D eigenvalue weighted by molar-refractivity contribution is 7.98. The second-order valence-electron chi connectivity index (χ2n) is 3.70. The molecule has 2 rings (SSSR count). The average Bonchev–Trinajstić information content (AvgIpc) is 2.66. The van der Waals surface area contributed by atoms with Crippen LogP contribution < -0.4 is 0 Å². The van der Waals surface area contributed by atoms with Crippen LogP contribution in [0.2, 0.25) is 0 Å². The van der Waals surface area contributed by atoms with E-state index in [0.29, 0.717) is 16.7 Å². The monoisotopic (exact) mass is 264 g/mol. The van der Waals surface area contributed by atoms with Crippen molar-refractivity contribution >= 4 is 17.7 Å². The van der Waals surface area contributed by atoms with E-state index in [2.05, 4.69) is 9.97 Å². The molecule has 18 heavy (non-hydrogen) atoms. The van der Waals surface area contributed by atoms with Crippen molar-refractivity contribution in [2.45, 2.75) is 24.6 Å². The van der Waals surface area contributed by atoms with Gasteiger partial charge in [-0.05, 0) is 26.0 Å². The van der Waals surface area contributed by atoms with Gasteiger partial charge in [-0.2, -0.15) is 0 Å². The Kier molecular flexibility index (Phi) is 3.66. The van der Waals surface area contributed by atoms with Gasteiger partial charge in [-0.15, -0.1) is 0 Å². The van der Waals surface area contributed by atoms with Crippen LogP contribution in [0.5, 0.6) is 0 Å². The van der Waals surface area contributed by atoms with E-state index >= 15 is 0 Å². The van der Waals surface area contributed by atoms with Crippen molar-refractivity contribution in [3.05, 3.63) is 41.2 Å². The fraction of sp³-hybridized carbons (Fsp3) is 0.250. The lowest BCUT2D eigenvalue weighted by atomic mass is 10.3. The summed E-state index contributed by atoms with van der Waals surface area (Å²) in [5, 5.41) is 9.49. The van der Waals surface area contributed by atoms with Crippen LogP contribution in [0.3, 0.4) is 0 Å². The molecule has 0 unspecified atom stereocenters. The van der Waals surface area contributed by atoms with Crippen molar-refractivity contribution in [2.24, 2.45) is 0 Å². The van der Waals surface area contributed by atoms with Crippen LogP contribution >= 0.6 is 11.8 Å². The van der Waals surface area contributed by atoms with E-state index in [1.54, 1.807) is 12.3 Å². The maximum Gasteiger partial charge on any atom is 0.338 e. The third-order valence-corrected chi connectivity index (χ3v) is 3.40. The van der Waals surface area contributed by atoms with Crippen LogP contribution in [-0.2, 0) is 5.75 Å². The van der Waals surface area contributed by atoms with Crippen molar-refractivity contribution in [1.82, 2.24) is 9.97 Å². The van der Waals surface area contributed by atoms with Gasteiger partial charge in [0.25, 0.3) is 0 Å². The lowest BCUT2D eigenvalue weighted by Gasteiger charge is -2.02. The molecule has 0 saturated heterocycles. The highest BCUT2D eigenvalue weighted by Gasteiger charge is 2.13. The van der Waals surface area contributed by atoms with E-state index in [1.165, 1.54) is 17.8 Å². The first-order valence-corrected chi connectivity index (χ1v) is 6.30. The maximum atomic E-state index is 11.0. The Morgan fingerprint density at radius 3 is 2.89 bits per heavy atom. The molecule has 0 fully saturated rings. The van der Waals surface area contributed by atoms with Crippen molar-refractivity contribution in [3.63, 3.8) is 0 Å². The fourth-order valence-electron chi connectivity index (χ4n) is 1.40. The van der Waals surface area contributed by atoms with Gasteiger partial charge < -0.3 is 9.52 Å². The smallest absolute Gasteiger partial charge is 0.338 e. The van der Waals surface area contributed by atoms with Gasteiger partial charge in [0, 0.05) is 6.20 Å². The zero-order valence-corrected chi connectivity index (χ0v) is 10.8. The largest absolute Gasteiger partial charge is 0.478 e. The van der Waals surface area contributed by atoms with Crippen molar-refractivity contribution in [1.29, 1.82) is 0 Å². The Morgan fingerprint density at radius 2 is 2.28 bits per heavy atom. The Balaban J connectivity index is 2.13. The van der Waals surface area contributed by atoms with Crippen LogP contribution in [-0.4, -0.2) is 21.0 Å². The molecule has 94 valence electrons. The van der Waals surface area contributed by atoms with Crippen molar-refractivity contribution < 1.29 is 14.3 Å². The quantitative estimate of drug-likeness (QED) is 0.855. The summed E-state index contributed by atoms with van der Waals surface area (Å²) in [6, 6.07) is 3.14. The molecule has 0 aromatic carbocycles. The molecule has 0 atom stereocenters. The minimum atomic E-state index is -0.981. The van der Waals surface area contributed by atoms with E-state index < -0.39 is 5.97 Å². The van der Waals surface area contributed by atoms with Crippen LogP contribution in [0, 0.1) is 13.8 Å². The SMILES string of the molecule is Cc1nc(CSc2ncccc2C(=O)O)oc1C. The molecule has 0 aliphatic carbocycles. The normalized spacial score (nSPS) is 10.6. The standard InChI is InChI=1S/C12H12N2O3S/c1-7-8(2)17-10(14-7)6-18-11-9(12(15)16)4-3-5-13-11/h3-5H,6H2,1-2H3,(H,15,16). The molecule has 2 aromatic rings. The number of thioether (sulfide) groups is 1. The van der Waals surface area contributed by atoms with Crippen molar-refractivity contribution in [3.8, 4) is 0 Å². The summed E-state index contributed by atoms with van der Waals surface area (Å²) in [7, 11) is 0. The summed E-state index contributed by atoms with van der Waals surface area (Å²) < 4.78 is 5.43. The average molecular weight is 264 g/mol. The molecule has 1 N–H and O–H groups in total. The summed E-state index contributed by atoms with van der Waals surface area (Å²) >= 11 is 1.30. The summed E-state index contributed by atoms with van der Waals surface area (Å²) in [5.41, 5.74) is 1.05. The van der Waals surface area contributed by atoms with Gasteiger partial charge in [0.15, 0.2) is 0 Å². The summed E-state index contributed by atoms with van der Waals surface area (Å²) in [5.74, 6) is 0.846. The van der Waals surface area contributed by atoms with Gasteiger partial charge in [0.1, 0.15) is 10.8 Å². The number of aryl methyl sites for hydroxylation is 2. The minimum absolute atomic E-state index is 0.197. The molecule has 0 spiro atoms. The number of oxazole rings is 1. The van der Waals surface area contributed by atoms with Gasteiger partial charge in [0.05, 0.1) is 17.0 Å². The highest BCUT2D eigenvalue weighted by Crippen LogP contribution is 2.24. The molecule has 2 aromatic heterocycles. The molecular weight excluding hydrogens is 252 g/mol. The number of aromatic carboxylic acids is 1. The van der Waals surface area contributed by atoms with E-state index in [0.717, 1.165) is 11.5 Å². The molecule has 0 saturated carbocycles. The van der Waals surface area contributed by atoms with E-state index in [9.17, 15) is 4.79 Å². The number of aromatic nitrogens is 2. The summed E-state index contributed by atoms with van der Waals surface area (Å²) in [4.78, 5) is 19.3. The fourth-order valence-corrected chi connectivity index (χ4v) is 2.23. The zero-order chi connectivity index (χ0) is 13.1. The second-order valence-corrected chi connectivity index (χ2v) is 4.66. The van der Waals surface area contributed by atoms with Crippen molar-refractivity contribution in [2.75, 3.05) is 0 Å². The minimum Gasteiger partial charge on any atom is -0.478 e. The van der Waals surface area contributed by atoms with Crippen LogP contribution in [0.4, 0.5) is 0 Å². The number of carbonyl (C=O) groups is 1. The molecule has 0 bridgehead atoms. The van der Waals surface area contributed by atoms with E-state index in [1.807, 2.05) is 13.8 Å². The molecule has 0 aliphatic rings. The van der Waals surface area contributed by atoms with Gasteiger partial charge in [-0.1, -0.05) is 11.8 Å². The maximum absolute atomic E-state index is 11.0. The van der Waals surface area contributed by atoms with Gasteiger partial charge in [-0.25, -0.2) is 14.8 Å². The van der Waals surface area contributed by atoms with Crippen LogP contribution in [0.25, 0.3) is 0 Å². The number of hydrogen-bond acceptors (Lipinski definition) is 5. The van der Waals surface area contributed by atoms with E-state index in [-0.39, 0.29) is 5.56 Å². The van der Waals surface area contributed by atoms with Gasteiger partial charge >= 0.3 is 5.97 Å². The summed E-state index contributed by atoms with van der Waals surface area (Å²) in [6.07, 6.45) is 1.57. The first kappa shape index (κ1) is 12.6. The Morgan fingerprint density at radius 1 is 1.50 bits per heavy atom. The first-order chi connectivity index (χ1) is 8.58. The van der Waals surface area contributed by atoms with Crippen LogP contribution in [0.15, 0.2) is 27.8 Å².